The molecule has 2 rings (SSSR count). The molecule has 1 heterocycles. The third-order valence-corrected chi connectivity index (χ3v) is 4.76. The number of thiophene rings is 1. The van der Waals surface area contributed by atoms with Crippen LogP contribution in [0.3, 0.4) is 0 Å². The molecule has 0 unspecified atom stereocenters. The lowest BCUT2D eigenvalue weighted by Crippen LogP contribution is -2.22. The smallest absolute Gasteiger partial charge is 0.304 e. The van der Waals surface area contributed by atoms with E-state index in [4.69, 9.17) is 4.55 Å². The maximum atomic E-state index is 11.7. The summed E-state index contributed by atoms with van der Waals surface area (Å²) in [5.41, 5.74) is 0.536. The van der Waals surface area contributed by atoms with Crippen LogP contribution in [-0.2, 0) is 16.7 Å². The van der Waals surface area contributed by atoms with Gasteiger partial charge in [-0.1, -0.05) is 18.2 Å². The first-order valence-electron chi connectivity index (χ1n) is 5.36. The minimum Gasteiger partial charge on any atom is -0.347 e. The quantitative estimate of drug-likeness (QED) is 0.845. The molecule has 0 saturated carbocycles. The molecule has 0 bridgehead atoms. The first kappa shape index (κ1) is 13.7. The van der Waals surface area contributed by atoms with Crippen molar-refractivity contribution in [2.24, 2.45) is 0 Å². The second-order valence-corrected chi connectivity index (χ2v) is 6.56. The van der Waals surface area contributed by atoms with E-state index in [2.05, 4.69) is 5.32 Å². The maximum Gasteiger partial charge on any atom is 0.304 e. The molecule has 0 fully saturated rings. The van der Waals surface area contributed by atoms with E-state index in [0.29, 0.717) is 10.4 Å². The Balaban J connectivity index is 2.00. The van der Waals surface area contributed by atoms with Crippen molar-refractivity contribution in [2.75, 3.05) is 0 Å². The number of carbonyl (C=O) groups is 1. The van der Waals surface area contributed by atoms with Crippen LogP contribution < -0.4 is 5.32 Å². The van der Waals surface area contributed by atoms with Crippen LogP contribution >= 0.6 is 11.3 Å². The van der Waals surface area contributed by atoms with E-state index in [1.165, 1.54) is 6.07 Å². The summed E-state index contributed by atoms with van der Waals surface area (Å²) >= 11 is 0.924. The van der Waals surface area contributed by atoms with Crippen molar-refractivity contribution in [3.8, 4) is 0 Å². The summed E-state index contributed by atoms with van der Waals surface area (Å²) in [6, 6.07) is 11.6. The summed E-state index contributed by atoms with van der Waals surface area (Å²) < 4.78 is 30.5. The molecule has 0 aliphatic rings. The molecule has 0 radical (unpaired) electrons. The van der Waals surface area contributed by atoms with Gasteiger partial charge in [0.05, 0.1) is 6.54 Å². The number of nitrogens with one attached hydrogen (secondary N) is 1. The summed E-state index contributed by atoms with van der Waals surface area (Å²) in [4.78, 5) is 12.4. The molecule has 100 valence electrons. The number of hydrogen-bond acceptors (Lipinski definition) is 4. The van der Waals surface area contributed by atoms with Gasteiger partial charge in [-0.05, 0) is 24.3 Å². The van der Waals surface area contributed by atoms with Gasteiger partial charge in [0, 0.05) is 10.4 Å². The van der Waals surface area contributed by atoms with E-state index in [9.17, 15) is 13.2 Å². The molecule has 0 aliphatic heterocycles. The average Bonchev–Trinajstić information content (AvgIpc) is 2.86. The minimum atomic E-state index is -4.17. The fraction of sp³-hybridized carbons (Fsp3) is 0.0833. The third-order valence-electron chi connectivity index (χ3n) is 2.35. The number of amides is 1. The van der Waals surface area contributed by atoms with Gasteiger partial charge >= 0.3 is 10.1 Å². The lowest BCUT2D eigenvalue weighted by Gasteiger charge is -2.02. The molecular formula is C12H11NO4S2. The van der Waals surface area contributed by atoms with Gasteiger partial charge in [-0.3, -0.25) is 9.35 Å². The van der Waals surface area contributed by atoms with Gasteiger partial charge in [-0.2, -0.15) is 8.42 Å². The first-order valence-corrected chi connectivity index (χ1v) is 7.62. The van der Waals surface area contributed by atoms with Crippen LogP contribution in [0.4, 0.5) is 0 Å². The van der Waals surface area contributed by atoms with Crippen molar-refractivity contribution in [3.63, 3.8) is 0 Å². The van der Waals surface area contributed by atoms with Crippen molar-refractivity contribution in [1.82, 2.24) is 5.32 Å². The maximum absolute atomic E-state index is 11.7. The second-order valence-electron chi connectivity index (χ2n) is 3.74. The summed E-state index contributed by atoms with van der Waals surface area (Å²) in [7, 11) is -4.17. The minimum absolute atomic E-state index is 0.128. The molecule has 2 N–H and O–H groups in total. The Morgan fingerprint density at radius 2 is 1.84 bits per heavy atom. The molecule has 2 aromatic rings. The van der Waals surface area contributed by atoms with Crippen molar-refractivity contribution >= 4 is 27.4 Å². The van der Waals surface area contributed by atoms with Crippen LogP contribution in [0.1, 0.15) is 15.2 Å². The Kier molecular flexibility index (Phi) is 3.98. The van der Waals surface area contributed by atoms with Crippen LogP contribution in [0.2, 0.25) is 0 Å². The number of hydrogen-bond donors (Lipinski definition) is 2. The summed E-state index contributed by atoms with van der Waals surface area (Å²) in [6.07, 6.45) is 0. The highest BCUT2D eigenvalue weighted by molar-refractivity contribution is 7.88. The molecule has 0 saturated heterocycles. The van der Waals surface area contributed by atoms with Gasteiger partial charge in [0.1, 0.15) is 4.21 Å². The van der Waals surface area contributed by atoms with E-state index >= 15 is 0 Å². The number of benzene rings is 1. The molecule has 0 spiro atoms. The monoisotopic (exact) mass is 297 g/mol. The van der Waals surface area contributed by atoms with Gasteiger partial charge in [0.15, 0.2) is 0 Å². The topological polar surface area (TPSA) is 83.5 Å². The molecule has 5 nitrogen and oxygen atoms in total. The molecular weight excluding hydrogens is 286 g/mol. The Bertz CT molecular complexity index is 677. The van der Waals surface area contributed by atoms with E-state index < -0.39 is 10.1 Å². The SMILES string of the molecule is O=C(NCc1ccc(S(=O)(=O)O)s1)c1ccccc1. The van der Waals surface area contributed by atoms with Gasteiger partial charge in [0.2, 0.25) is 0 Å². The van der Waals surface area contributed by atoms with Gasteiger partial charge in [0.25, 0.3) is 5.91 Å². The molecule has 7 heteroatoms. The number of carbonyl (C=O) groups excluding carboxylic acids is 1. The molecule has 0 atom stereocenters. The predicted octanol–water partition coefficient (Wildman–Crippen LogP) is 1.92. The lowest BCUT2D eigenvalue weighted by molar-refractivity contribution is 0.0951. The molecule has 0 aliphatic carbocycles. The van der Waals surface area contributed by atoms with Gasteiger partial charge in [-0.15, -0.1) is 11.3 Å². The lowest BCUT2D eigenvalue weighted by atomic mass is 10.2. The van der Waals surface area contributed by atoms with Crippen LogP contribution in [0.5, 0.6) is 0 Å². The normalized spacial score (nSPS) is 11.2. The van der Waals surface area contributed by atoms with E-state index in [0.717, 1.165) is 11.3 Å². The van der Waals surface area contributed by atoms with E-state index in [1.807, 2.05) is 6.07 Å². The van der Waals surface area contributed by atoms with Crippen molar-refractivity contribution in [3.05, 3.63) is 52.9 Å². The summed E-state index contributed by atoms with van der Waals surface area (Å²) in [5.74, 6) is -0.234. The summed E-state index contributed by atoms with van der Waals surface area (Å²) in [5, 5.41) is 2.68. The highest BCUT2D eigenvalue weighted by Crippen LogP contribution is 2.21. The first-order chi connectivity index (χ1) is 8.97. The molecule has 1 amide bonds. The predicted molar refractivity (Wildman–Crippen MR) is 71.7 cm³/mol. The Labute approximate surface area is 114 Å². The van der Waals surface area contributed by atoms with Crippen LogP contribution in [0, 0.1) is 0 Å². The van der Waals surface area contributed by atoms with E-state index in [-0.39, 0.29) is 16.7 Å². The third kappa shape index (κ3) is 3.63. The van der Waals surface area contributed by atoms with Crippen molar-refractivity contribution < 1.29 is 17.8 Å². The summed E-state index contributed by atoms with van der Waals surface area (Å²) in [6.45, 7) is 0.216. The standard InChI is InChI=1S/C12H11NO4S2/c14-12(9-4-2-1-3-5-9)13-8-10-6-7-11(18-10)19(15,16)17/h1-7H,8H2,(H,13,14)(H,15,16,17). The number of rotatable bonds is 4. The highest BCUT2D eigenvalue weighted by Gasteiger charge is 2.13. The van der Waals surface area contributed by atoms with Crippen molar-refractivity contribution in [2.45, 2.75) is 10.8 Å². The van der Waals surface area contributed by atoms with Crippen molar-refractivity contribution in [1.29, 1.82) is 0 Å². The van der Waals surface area contributed by atoms with Gasteiger partial charge in [-0.25, -0.2) is 0 Å². The molecule has 1 aromatic carbocycles. The van der Waals surface area contributed by atoms with Crippen LogP contribution in [0.25, 0.3) is 0 Å². The average molecular weight is 297 g/mol. The fourth-order valence-corrected chi connectivity index (χ4v) is 3.11. The van der Waals surface area contributed by atoms with Gasteiger partial charge < -0.3 is 5.32 Å². The Hall–Kier alpha value is -1.70. The zero-order valence-electron chi connectivity index (χ0n) is 9.74. The largest absolute Gasteiger partial charge is 0.347 e. The molecule has 1 aromatic heterocycles. The zero-order valence-corrected chi connectivity index (χ0v) is 11.4. The second kappa shape index (κ2) is 5.52. The zero-order chi connectivity index (χ0) is 13.9. The molecule has 19 heavy (non-hydrogen) atoms. The van der Waals surface area contributed by atoms with E-state index in [1.54, 1.807) is 30.3 Å². The van der Waals surface area contributed by atoms with Crippen LogP contribution in [-0.4, -0.2) is 18.9 Å². The van der Waals surface area contributed by atoms with Crippen LogP contribution in [0.15, 0.2) is 46.7 Å². The Morgan fingerprint density at radius 3 is 2.42 bits per heavy atom. The Morgan fingerprint density at radius 1 is 1.16 bits per heavy atom. The highest BCUT2D eigenvalue weighted by atomic mass is 32.3. The fourth-order valence-electron chi connectivity index (χ4n) is 1.45.